The molecule has 6 nitrogen and oxygen atoms in total. The molecule has 3 aromatic rings. The number of rotatable bonds is 4. The Morgan fingerprint density at radius 2 is 2.00 bits per heavy atom. The van der Waals surface area contributed by atoms with Gasteiger partial charge in [-0.05, 0) is 12.6 Å². The van der Waals surface area contributed by atoms with Crippen molar-refractivity contribution in [3.8, 4) is 5.88 Å². The van der Waals surface area contributed by atoms with Crippen molar-refractivity contribution >= 4 is 16.3 Å². The maximum atomic E-state index is 14.6. The number of aromatic hydroxyl groups is 1. The van der Waals surface area contributed by atoms with Gasteiger partial charge in [0.1, 0.15) is 12.1 Å². The predicted molar refractivity (Wildman–Crippen MR) is 94.5 cm³/mol. The van der Waals surface area contributed by atoms with Crippen LogP contribution in [0.25, 0.3) is 4.96 Å². The molecule has 1 saturated heterocycles. The summed E-state index contributed by atoms with van der Waals surface area (Å²) in [6.45, 7) is 6.67. The summed E-state index contributed by atoms with van der Waals surface area (Å²) in [6, 6.07) is 6.45. The Hall–Kier alpha value is -2.03. The van der Waals surface area contributed by atoms with Crippen LogP contribution in [-0.2, 0) is 0 Å². The Kier molecular flexibility index (Phi) is 4.41. The van der Waals surface area contributed by atoms with Crippen LogP contribution >= 0.6 is 11.3 Å². The SMILES string of the molecule is CCN1CCN(C(c2ccccc2F)c2sc3ncnn3c2O)CC1. The summed E-state index contributed by atoms with van der Waals surface area (Å²) < 4.78 is 16.0. The topological polar surface area (TPSA) is 56.9 Å². The minimum absolute atomic E-state index is 0.0451. The molecule has 132 valence electrons. The monoisotopic (exact) mass is 361 g/mol. The molecule has 0 amide bonds. The first kappa shape index (κ1) is 16.4. The maximum Gasteiger partial charge on any atom is 0.230 e. The molecule has 1 N–H and O–H groups in total. The molecule has 0 spiro atoms. The van der Waals surface area contributed by atoms with Crippen molar-refractivity contribution in [3.05, 3.63) is 46.9 Å². The van der Waals surface area contributed by atoms with E-state index in [1.54, 1.807) is 12.1 Å². The van der Waals surface area contributed by atoms with Crippen LogP contribution in [0.5, 0.6) is 5.88 Å². The van der Waals surface area contributed by atoms with Gasteiger partial charge in [-0.2, -0.15) is 9.61 Å². The third-order valence-electron chi connectivity index (χ3n) is 4.81. The van der Waals surface area contributed by atoms with Gasteiger partial charge < -0.3 is 10.0 Å². The van der Waals surface area contributed by atoms with Gasteiger partial charge in [0.15, 0.2) is 0 Å². The van der Waals surface area contributed by atoms with Gasteiger partial charge in [0.2, 0.25) is 10.8 Å². The third kappa shape index (κ3) is 2.90. The van der Waals surface area contributed by atoms with Gasteiger partial charge in [0, 0.05) is 31.7 Å². The summed E-state index contributed by atoms with van der Waals surface area (Å²) in [5.74, 6) is -0.215. The average Bonchev–Trinajstić information content (AvgIpc) is 3.21. The zero-order valence-electron chi connectivity index (χ0n) is 14.0. The number of fused-ring (bicyclic) bond motifs is 1. The van der Waals surface area contributed by atoms with E-state index in [2.05, 4.69) is 26.8 Å². The fourth-order valence-corrected chi connectivity index (χ4v) is 4.49. The number of likely N-dealkylation sites (N-methyl/N-ethyl adjacent to an activating group) is 1. The lowest BCUT2D eigenvalue weighted by atomic mass is 10.0. The second kappa shape index (κ2) is 6.70. The Morgan fingerprint density at radius 1 is 1.24 bits per heavy atom. The van der Waals surface area contributed by atoms with Crippen molar-refractivity contribution in [1.29, 1.82) is 0 Å². The average molecular weight is 361 g/mol. The predicted octanol–water partition coefficient (Wildman–Crippen LogP) is 2.36. The number of thiazole rings is 1. The minimum Gasteiger partial charge on any atom is -0.492 e. The van der Waals surface area contributed by atoms with Crippen LogP contribution in [0.4, 0.5) is 4.39 Å². The van der Waals surface area contributed by atoms with Gasteiger partial charge in [-0.15, -0.1) is 0 Å². The highest BCUT2D eigenvalue weighted by Crippen LogP contribution is 2.40. The molecule has 25 heavy (non-hydrogen) atoms. The summed E-state index contributed by atoms with van der Waals surface area (Å²) in [4.78, 5) is 10.1. The Labute approximate surface area is 149 Å². The van der Waals surface area contributed by atoms with E-state index in [0.717, 1.165) is 32.7 Å². The van der Waals surface area contributed by atoms with Gasteiger partial charge in [0.25, 0.3) is 0 Å². The maximum absolute atomic E-state index is 14.6. The van der Waals surface area contributed by atoms with Gasteiger partial charge in [0.05, 0.1) is 10.9 Å². The van der Waals surface area contributed by atoms with Crippen LogP contribution in [0.3, 0.4) is 0 Å². The molecule has 3 heterocycles. The summed E-state index contributed by atoms with van der Waals surface area (Å²) >= 11 is 1.36. The van der Waals surface area contributed by atoms with E-state index in [4.69, 9.17) is 0 Å². The molecule has 0 radical (unpaired) electrons. The zero-order valence-corrected chi connectivity index (χ0v) is 14.8. The second-order valence-corrected chi connectivity index (χ2v) is 7.15. The van der Waals surface area contributed by atoms with E-state index >= 15 is 0 Å². The summed E-state index contributed by atoms with van der Waals surface area (Å²) in [6.07, 6.45) is 1.41. The highest BCUT2D eigenvalue weighted by Gasteiger charge is 2.32. The highest BCUT2D eigenvalue weighted by atomic mass is 32.1. The first-order valence-corrected chi connectivity index (χ1v) is 9.23. The number of piperazine rings is 1. The molecule has 2 aromatic heterocycles. The van der Waals surface area contributed by atoms with E-state index in [9.17, 15) is 9.50 Å². The molecular weight excluding hydrogens is 341 g/mol. The summed E-state index contributed by atoms with van der Waals surface area (Å²) in [7, 11) is 0. The smallest absolute Gasteiger partial charge is 0.230 e. The molecule has 1 aromatic carbocycles. The number of hydrogen-bond acceptors (Lipinski definition) is 6. The molecule has 0 aliphatic carbocycles. The van der Waals surface area contributed by atoms with Crippen LogP contribution in [-0.4, -0.2) is 62.2 Å². The first-order valence-electron chi connectivity index (χ1n) is 8.41. The van der Waals surface area contributed by atoms with E-state index in [-0.39, 0.29) is 17.7 Å². The molecule has 1 aliphatic rings. The second-order valence-electron chi connectivity index (χ2n) is 6.14. The molecule has 0 saturated carbocycles. The van der Waals surface area contributed by atoms with Crippen LogP contribution in [0.2, 0.25) is 0 Å². The Bertz CT molecular complexity index is 871. The fourth-order valence-electron chi connectivity index (χ4n) is 3.41. The lowest BCUT2D eigenvalue weighted by Crippen LogP contribution is -2.47. The fraction of sp³-hybridized carbons (Fsp3) is 0.412. The van der Waals surface area contributed by atoms with Crippen LogP contribution in [0.1, 0.15) is 23.4 Å². The number of aromatic nitrogens is 3. The lowest BCUT2D eigenvalue weighted by molar-refractivity contribution is 0.112. The standard InChI is InChI=1S/C17H20FN5OS/c1-2-21-7-9-22(10-8-21)14(12-5-3-4-6-13(12)18)15-16(24)23-17(25-15)19-11-20-23/h3-6,11,14,24H,2,7-10H2,1H3. The summed E-state index contributed by atoms with van der Waals surface area (Å²) in [5.41, 5.74) is 0.576. The lowest BCUT2D eigenvalue weighted by Gasteiger charge is -2.38. The van der Waals surface area contributed by atoms with Crippen LogP contribution in [0.15, 0.2) is 30.6 Å². The molecule has 1 atom stereocenters. The van der Waals surface area contributed by atoms with E-state index in [0.29, 0.717) is 15.4 Å². The zero-order chi connectivity index (χ0) is 17.4. The van der Waals surface area contributed by atoms with Gasteiger partial charge >= 0.3 is 0 Å². The quantitative estimate of drug-likeness (QED) is 0.773. The van der Waals surface area contributed by atoms with Crippen molar-refractivity contribution in [3.63, 3.8) is 0 Å². The van der Waals surface area contributed by atoms with Crippen molar-refractivity contribution in [2.24, 2.45) is 0 Å². The molecular formula is C17H20FN5OS. The van der Waals surface area contributed by atoms with Crippen molar-refractivity contribution in [2.75, 3.05) is 32.7 Å². The van der Waals surface area contributed by atoms with Crippen LogP contribution < -0.4 is 0 Å². The molecule has 0 bridgehead atoms. The molecule has 1 unspecified atom stereocenters. The number of nitrogens with zero attached hydrogens (tertiary/aromatic N) is 5. The van der Waals surface area contributed by atoms with Crippen molar-refractivity contribution in [1.82, 2.24) is 24.4 Å². The van der Waals surface area contributed by atoms with E-state index < -0.39 is 0 Å². The third-order valence-corrected chi connectivity index (χ3v) is 5.89. The Balaban J connectivity index is 1.77. The first-order chi connectivity index (χ1) is 12.2. The van der Waals surface area contributed by atoms with Gasteiger partial charge in [-0.25, -0.2) is 9.37 Å². The van der Waals surface area contributed by atoms with Gasteiger partial charge in [-0.3, -0.25) is 4.90 Å². The molecule has 1 fully saturated rings. The highest BCUT2D eigenvalue weighted by molar-refractivity contribution is 7.17. The summed E-state index contributed by atoms with van der Waals surface area (Å²) in [5, 5.41) is 14.7. The molecule has 4 rings (SSSR count). The normalized spacial score (nSPS) is 18.0. The number of halogens is 1. The number of benzene rings is 1. The van der Waals surface area contributed by atoms with E-state index in [1.807, 2.05) is 6.07 Å². The van der Waals surface area contributed by atoms with Gasteiger partial charge in [-0.1, -0.05) is 36.5 Å². The molecule has 1 aliphatic heterocycles. The molecule has 8 heteroatoms. The van der Waals surface area contributed by atoms with Crippen molar-refractivity contribution in [2.45, 2.75) is 13.0 Å². The van der Waals surface area contributed by atoms with E-state index in [1.165, 1.54) is 28.2 Å². The van der Waals surface area contributed by atoms with Crippen LogP contribution in [0, 0.1) is 5.82 Å². The van der Waals surface area contributed by atoms with Crippen molar-refractivity contribution < 1.29 is 9.50 Å². The minimum atomic E-state index is -0.339. The Morgan fingerprint density at radius 3 is 2.68 bits per heavy atom. The largest absolute Gasteiger partial charge is 0.492 e. The number of hydrogen-bond donors (Lipinski definition) is 1.